The number of carbonyl (C=O) groups is 3. The van der Waals surface area contributed by atoms with Crippen LogP contribution in [0.25, 0.3) is 0 Å². The van der Waals surface area contributed by atoms with Gasteiger partial charge in [-0.1, -0.05) is 19.1 Å². The molecule has 4 amide bonds. The minimum atomic E-state index is -0.290. The van der Waals surface area contributed by atoms with Gasteiger partial charge in [-0.15, -0.1) is 0 Å². The normalized spacial score (nSPS) is 17.8. The van der Waals surface area contributed by atoms with Gasteiger partial charge < -0.3 is 20.4 Å². The summed E-state index contributed by atoms with van der Waals surface area (Å²) in [6, 6.07) is 6.67. The summed E-state index contributed by atoms with van der Waals surface area (Å²) in [6.07, 6.45) is 1.03. The van der Waals surface area contributed by atoms with Crippen LogP contribution < -0.4 is 15.5 Å². The Balaban J connectivity index is 2.17. The van der Waals surface area contributed by atoms with E-state index in [0.717, 1.165) is 6.42 Å². The summed E-state index contributed by atoms with van der Waals surface area (Å²) in [5.74, 6) is -0.351. The highest BCUT2D eigenvalue weighted by Gasteiger charge is 2.30. The van der Waals surface area contributed by atoms with Gasteiger partial charge in [-0.2, -0.15) is 0 Å². The minimum Gasteiger partial charge on any atom is -0.336 e. The summed E-state index contributed by atoms with van der Waals surface area (Å²) >= 11 is 0. The Morgan fingerprint density at radius 3 is 2.76 bits per heavy atom. The molecule has 0 radical (unpaired) electrons. The maximum atomic E-state index is 12.9. The molecule has 7 nitrogen and oxygen atoms in total. The van der Waals surface area contributed by atoms with Crippen molar-refractivity contribution in [2.45, 2.75) is 45.7 Å². The van der Waals surface area contributed by atoms with Gasteiger partial charge in [0.25, 0.3) is 0 Å². The summed E-state index contributed by atoms with van der Waals surface area (Å²) in [4.78, 5) is 40.0. The molecule has 0 bridgehead atoms. The monoisotopic (exact) mass is 346 g/mol. The van der Waals surface area contributed by atoms with Crippen molar-refractivity contribution in [3.05, 3.63) is 24.3 Å². The molecule has 0 unspecified atom stereocenters. The minimum absolute atomic E-state index is 0.0460. The molecule has 25 heavy (non-hydrogen) atoms. The second-order valence-electron chi connectivity index (χ2n) is 6.50. The molecular weight excluding hydrogens is 320 g/mol. The molecule has 2 rings (SSSR count). The molecule has 1 aliphatic rings. The number of rotatable bonds is 4. The van der Waals surface area contributed by atoms with E-state index in [1.54, 1.807) is 24.1 Å². The van der Waals surface area contributed by atoms with Gasteiger partial charge in [0.05, 0.1) is 11.4 Å². The largest absolute Gasteiger partial charge is 0.336 e. The van der Waals surface area contributed by atoms with Crippen LogP contribution in [0, 0.1) is 0 Å². The van der Waals surface area contributed by atoms with Crippen molar-refractivity contribution in [1.82, 2.24) is 10.2 Å². The summed E-state index contributed by atoms with van der Waals surface area (Å²) < 4.78 is 0. The number of benzene rings is 1. The molecule has 0 saturated heterocycles. The number of likely N-dealkylation sites (N-methyl/N-ethyl adjacent to an activating group) is 1. The summed E-state index contributed by atoms with van der Waals surface area (Å²) in [5, 5.41) is 5.66. The Hall–Kier alpha value is -2.57. The lowest BCUT2D eigenvalue weighted by Gasteiger charge is -2.30. The Morgan fingerprint density at radius 1 is 1.40 bits per heavy atom. The predicted octanol–water partition coefficient (Wildman–Crippen LogP) is 2.19. The summed E-state index contributed by atoms with van der Waals surface area (Å²) in [5.41, 5.74) is 1.26. The third kappa shape index (κ3) is 4.49. The van der Waals surface area contributed by atoms with Crippen molar-refractivity contribution in [2.24, 2.45) is 0 Å². The van der Waals surface area contributed by atoms with Crippen LogP contribution in [0.1, 0.15) is 33.6 Å². The molecule has 0 aromatic heterocycles. The molecule has 0 fully saturated rings. The van der Waals surface area contributed by atoms with Gasteiger partial charge in [-0.3, -0.25) is 9.59 Å². The first-order valence-corrected chi connectivity index (χ1v) is 8.56. The zero-order valence-electron chi connectivity index (χ0n) is 15.2. The third-order valence-electron chi connectivity index (χ3n) is 4.33. The number of hydrogen-bond donors (Lipinski definition) is 2. The van der Waals surface area contributed by atoms with Gasteiger partial charge >= 0.3 is 6.03 Å². The summed E-state index contributed by atoms with van der Waals surface area (Å²) in [7, 11) is 1.59. The van der Waals surface area contributed by atoms with Gasteiger partial charge in [0.1, 0.15) is 6.54 Å². The Bertz CT molecular complexity index is 661. The second kappa shape index (κ2) is 8.00. The molecule has 1 aromatic carbocycles. The SMILES string of the molecule is CC[C@H](C)NC(=O)N(C)CC(=O)N1c2ccccc2NC(=O)C[C@H]1C. The van der Waals surface area contributed by atoms with Crippen molar-refractivity contribution in [3.8, 4) is 0 Å². The van der Waals surface area contributed by atoms with E-state index < -0.39 is 0 Å². The Morgan fingerprint density at radius 2 is 2.08 bits per heavy atom. The zero-order valence-corrected chi connectivity index (χ0v) is 15.2. The van der Waals surface area contributed by atoms with Crippen molar-refractivity contribution >= 4 is 29.2 Å². The molecule has 2 atom stereocenters. The summed E-state index contributed by atoms with van der Waals surface area (Å²) in [6.45, 7) is 5.67. The maximum absolute atomic E-state index is 12.9. The number of anilines is 2. The molecule has 1 aliphatic heterocycles. The zero-order chi connectivity index (χ0) is 18.6. The first kappa shape index (κ1) is 18.8. The lowest BCUT2D eigenvalue weighted by molar-refractivity contribution is -0.119. The molecule has 0 saturated carbocycles. The van der Waals surface area contributed by atoms with Crippen LogP contribution in [0.2, 0.25) is 0 Å². The van der Waals surface area contributed by atoms with Gasteiger partial charge in [0.15, 0.2) is 0 Å². The van der Waals surface area contributed by atoms with Gasteiger partial charge in [-0.25, -0.2) is 4.79 Å². The fourth-order valence-electron chi connectivity index (χ4n) is 2.74. The van der Waals surface area contributed by atoms with Crippen LogP contribution in [-0.4, -0.2) is 48.4 Å². The van der Waals surface area contributed by atoms with Crippen LogP contribution >= 0.6 is 0 Å². The van der Waals surface area contributed by atoms with E-state index >= 15 is 0 Å². The van der Waals surface area contributed by atoms with E-state index in [1.165, 1.54) is 4.90 Å². The molecule has 0 aliphatic carbocycles. The van der Waals surface area contributed by atoms with E-state index in [0.29, 0.717) is 11.4 Å². The standard InChI is InChI=1S/C18H26N4O3/c1-5-12(2)19-18(25)21(4)11-17(24)22-13(3)10-16(23)20-14-8-6-7-9-15(14)22/h6-9,12-13H,5,10-11H2,1-4H3,(H,19,25)(H,20,23)/t12-,13+/m0/s1. The number of carbonyl (C=O) groups excluding carboxylic acids is 3. The number of nitrogens with zero attached hydrogens (tertiary/aromatic N) is 2. The predicted molar refractivity (Wildman–Crippen MR) is 97.6 cm³/mol. The van der Waals surface area contributed by atoms with Crippen molar-refractivity contribution < 1.29 is 14.4 Å². The van der Waals surface area contributed by atoms with E-state index in [-0.39, 0.29) is 42.9 Å². The van der Waals surface area contributed by atoms with E-state index in [2.05, 4.69) is 10.6 Å². The highest BCUT2D eigenvalue weighted by Crippen LogP contribution is 2.31. The maximum Gasteiger partial charge on any atom is 0.317 e. The lowest BCUT2D eigenvalue weighted by Crippen LogP contribution is -2.49. The first-order chi connectivity index (χ1) is 11.8. The van der Waals surface area contributed by atoms with Crippen LogP contribution in [-0.2, 0) is 9.59 Å². The van der Waals surface area contributed by atoms with Crippen LogP contribution in [0.4, 0.5) is 16.2 Å². The van der Waals surface area contributed by atoms with E-state index in [9.17, 15) is 14.4 Å². The van der Waals surface area contributed by atoms with Gasteiger partial charge in [0, 0.05) is 25.6 Å². The number of nitrogens with one attached hydrogen (secondary N) is 2. The molecule has 1 heterocycles. The van der Waals surface area contributed by atoms with Gasteiger partial charge in [-0.05, 0) is 32.4 Å². The molecular formula is C18H26N4O3. The highest BCUT2D eigenvalue weighted by molar-refractivity contribution is 6.05. The number of fused-ring (bicyclic) bond motifs is 1. The fourth-order valence-corrected chi connectivity index (χ4v) is 2.74. The van der Waals surface area contributed by atoms with Crippen LogP contribution in [0.5, 0.6) is 0 Å². The number of para-hydroxylation sites is 2. The van der Waals surface area contributed by atoms with Crippen molar-refractivity contribution in [1.29, 1.82) is 0 Å². The molecule has 1 aromatic rings. The van der Waals surface area contributed by atoms with Crippen molar-refractivity contribution in [3.63, 3.8) is 0 Å². The average molecular weight is 346 g/mol. The highest BCUT2D eigenvalue weighted by atomic mass is 16.2. The number of amides is 4. The topological polar surface area (TPSA) is 81.8 Å². The smallest absolute Gasteiger partial charge is 0.317 e. The quantitative estimate of drug-likeness (QED) is 0.877. The van der Waals surface area contributed by atoms with Gasteiger partial charge in [0.2, 0.25) is 11.8 Å². The average Bonchev–Trinajstić information content (AvgIpc) is 2.68. The van der Waals surface area contributed by atoms with Crippen molar-refractivity contribution in [2.75, 3.05) is 23.8 Å². The lowest BCUT2D eigenvalue weighted by atomic mass is 10.1. The second-order valence-corrected chi connectivity index (χ2v) is 6.50. The molecule has 7 heteroatoms. The van der Waals surface area contributed by atoms with Crippen LogP contribution in [0.3, 0.4) is 0 Å². The Labute approximate surface area is 148 Å². The Kier molecular flexibility index (Phi) is 6.01. The third-order valence-corrected chi connectivity index (χ3v) is 4.33. The number of urea groups is 1. The van der Waals surface area contributed by atoms with E-state index in [1.807, 2.05) is 32.9 Å². The number of hydrogen-bond acceptors (Lipinski definition) is 3. The molecule has 136 valence electrons. The fraction of sp³-hybridized carbons (Fsp3) is 0.500. The molecule has 2 N–H and O–H groups in total. The van der Waals surface area contributed by atoms with Crippen LogP contribution in [0.15, 0.2) is 24.3 Å². The molecule has 0 spiro atoms. The first-order valence-electron chi connectivity index (χ1n) is 8.56. The van der Waals surface area contributed by atoms with E-state index in [4.69, 9.17) is 0 Å².